The SMILES string of the molecule is COc1ccc(NC(=O)NC2CC2)cc1C. The molecular formula is C12H16N2O2. The standard InChI is InChI=1S/C12H16N2O2/c1-8-7-10(5-6-11(8)16-2)14-12(15)13-9-3-4-9/h5-7,9H,3-4H2,1-2H3,(H2,13,14,15). The molecule has 0 atom stereocenters. The van der Waals surface area contributed by atoms with Crippen LogP contribution in [0, 0.1) is 6.92 Å². The van der Waals surface area contributed by atoms with E-state index >= 15 is 0 Å². The minimum atomic E-state index is -0.132. The molecule has 0 saturated heterocycles. The molecule has 0 spiro atoms. The van der Waals surface area contributed by atoms with E-state index in [1.165, 1.54) is 0 Å². The summed E-state index contributed by atoms with van der Waals surface area (Å²) in [6, 6.07) is 5.82. The van der Waals surface area contributed by atoms with Crippen LogP contribution in [-0.4, -0.2) is 19.2 Å². The van der Waals surface area contributed by atoms with Gasteiger partial charge in [0, 0.05) is 11.7 Å². The van der Waals surface area contributed by atoms with Gasteiger partial charge in [0.05, 0.1) is 7.11 Å². The summed E-state index contributed by atoms with van der Waals surface area (Å²) in [5.74, 6) is 0.827. The van der Waals surface area contributed by atoms with Crippen molar-refractivity contribution >= 4 is 11.7 Å². The van der Waals surface area contributed by atoms with Gasteiger partial charge in [-0.1, -0.05) is 0 Å². The molecule has 4 heteroatoms. The number of benzene rings is 1. The highest BCUT2D eigenvalue weighted by molar-refractivity contribution is 5.89. The number of anilines is 1. The first-order valence-corrected chi connectivity index (χ1v) is 5.41. The lowest BCUT2D eigenvalue weighted by Gasteiger charge is -2.09. The fraction of sp³-hybridized carbons (Fsp3) is 0.417. The highest BCUT2D eigenvalue weighted by atomic mass is 16.5. The summed E-state index contributed by atoms with van der Waals surface area (Å²) in [4.78, 5) is 11.5. The minimum Gasteiger partial charge on any atom is -0.496 e. The Morgan fingerprint density at radius 1 is 1.44 bits per heavy atom. The average Bonchev–Trinajstić information content (AvgIpc) is 3.01. The van der Waals surface area contributed by atoms with E-state index in [0.717, 1.165) is 29.8 Å². The van der Waals surface area contributed by atoms with Gasteiger partial charge in [-0.3, -0.25) is 0 Å². The first kappa shape index (κ1) is 10.8. The quantitative estimate of drug-likeness (QED) is 0.821. The van der Waals surface area contributed by atoms with E-state index in [0.29, 0.717) is 6.04 Å². The second-order valence-corrected chi connectivity index (χ2v) is 4.06. The number of rotatable bonds is 3. The maximum atomic E-state index is 11.5. The fourth-order valence-corrected chi connectivity index (χ4v) is 1.54. The van der Waals surface area contributed by atoms with Gasteiger partial charge in [-0.25, -0.2) is 4.79 Å². The van der Waals surface area contributed by atoms with Gasteiger partial charge in [-0.05, 0) is 43.5 Å². The second kappa shape index (κ2) is 4.43. The Morgan fingerprint density at radius 3 is 2.75 bits per heavy atom. The van der Waals surface area contributed by atoms with Crippen LogP contribution >= 0.6 is 0 Å². The summed E-state index contributed by atoms with van der Waals surface area (Å²) in [6.07, 6.45) is 2.18. The number of urea groups is 1. The van der Waals surface area contributed by atoms with Gasteiger partial charge in [0.2, 0.25) is 0 Å². The normalized spacial score (nSPS) is 14.4. The van der Waals surface area contributed by atoms with Crippen LogP contribution in [0.2, 0.25) is 0 Å². The van der Waals surface area contributed by atoms with Crippen molar-refractivity contribution in [2.24, 2.45) is 0 Å². The number of hydrogen-bond acceptors (Lipinski definition) is 2. The Bertz CT molecular complexity index is 400. The molecule has 0 aliphatic heterocycles. The lowest BCUT2D eigenvalue weighted by molar-refractivity contribution is 0.251. The molecule has 0 heterocycles. The molecule has 1 fully saturated rings. The molecule has 2 rings (SSSR count). The van der Waals surface area contributed by atoms with E-state index in [-0.39, 0.29) is 6.03 Å². The number of amides is 2. The van der Waals surface area contributed by atoms with Crippen LogP contribution in [0.15, 0.2) is 18.2 Å². The Labute approximate surface area is 95.0 Å². The molecule has 1 aliphatic carbocycles. The highest BCUT2D eigenvalue weighted by Gasteiger charge is 2.23. The number of ether oxygens (including phenoxy) is 1. The van der Waals surface area contributed by atoms with E-state index in [4.69, 9.17) is 4.74 Å². The molecular weight excluding hydrogens is 204 g/mol. The van der Waals surface area contributed by atoms with E-state index in [1.807, 2.05) is 25.1 Å². The van der Waals surface area contributed by atoms with Gasteiger partial charge >= 0.3 is 6.03 Å². The molecule has 0 unspecified atom stereocenters. The zero-order valence-corrected chi connectivity index (χ0v) is 9.54. The van der Waals surface area contributed by atoms with Gasteiger partial charge in [0.25, 0.3) is 0 Å². The second-order valence-electron chi connectivity index (χ2n) is 4.06. The van der Waals surface area contributed by atoms with Crippen molar-refractivity contribution in [1.82, 2.24) is 5.32 Å². The largest absolute Gasteiger partial charge is 0.496 e. The van der Waals surface area contributed by atoms with Crippen LogP contribution in [-0.2, 0) is 0 Å². The number of aryl methyl sites for hydroxylation is 1. The molecule has 2 N–H and O–H groups in total. The van der Waals surface area contributed by atoms with Gasteiger partial charge in [0.1, 0.15) is 5.75 Å². The van der Waals surface area contributed by atoms with Gasteiger partial charge in [0.15, 0.2) is 0 Å². The topological polar surface area (TPSA) is 50.4 Å². The van der Waals surface area contributed by atoms with Crippen LogP contribution in [0.5, 0.6) is 5.75 Å². The Balaban J connectivity index is 1.97. The first-order chi connectivity index (χ1) is 7.69. The summed E-state index contributed by atoms with van der Waals surface area (Å²) < 4.78 is 5.15. The van der Waals surface area contributed by atoms with Crippen molar-refractivity contribution in [3.8, 4) is 5.75 Å². The molecule has 2 amide bonds. The number of carbonyl (C=O) groups is 1. The van der Waals surface area contributed by atoms with Crippen LogP contribution in [0.4, 0.5) is 10.5 Å². The van der Waals surface area contributed by atoms with Crippen LogP contribution in [0.3, 0.4) is 0 Å². The van der Waals surface area contributed by atoms with E-state index < -0.39 is 0 Å². The van der Waals surface area contributed by atoms with Gasteiger partial charge < -0.3 is 15.4 Å². The average molecular weight is 220 g/mol. The summed E-state index contributed by atoms with van der Waals surface area (Å²) >= 11 is 0. The third kappa shape index (κ3) is 2.66. The van der Waals surface area contributed by atoms with Crippen molar-refractivity contribution in [1.29, 1.82) is 0 Å². The predicted octanol–water partition coefficient (Wildman–Crippen LogP) is 2.29. The van der Waals surface area contributed by atoms with Gasteiger partial charge in [-0.15, -0.1) is 0 Å². The maximum absolute atomic E-state index is 11.5. The fourth-order valence-electron chi connectivity index (χ4n) is 1.54. The molecule has 0 aromatic heterocycles. The van der Waals surface area contributed by atoms with Crippen LogP contribution < -0.4 is 15.4 Å². The van der Waals surface area contributed by atoms with E-state index in [2.05, 4.69) is 10.6 Å². The van der Waals surface area contributed by atoms with Crippen molar-refractivity contribution in [2.45, 2.75) is 25.8 Å². The number of methoxy groups -OCH3 is 1. The van der Waals surface area contributed by atoms with Crippen LogP contribution in [0.1, 0.15) is 18.4 Å². The zero-order valence-electron chi connectivity index (χ0n) is 9.54. The molecule has 1 aromatic carbocycles. The third-order valence-electron chi connectivity index (χ3n) is 2.57. The predicted molar refractivity (Wildman–Crippen MR) is 62.9 cm³/mol. The molecule has 86 valence electrons. The zero-order chi connectivity index (χ0) is 11.5. The number of nitrogens with one attached hydrogen (secondary N) is 2. The van der Waals surface area contributed by atoms with Crippen molar-refractivity contribution in [3.63, 3.8) is 0 Å². The van der Waals surface area contributed by atoms with Crippen molar-refractivity contribution in [2.75, 3.05) is 12.4 Å². The molecule has 4 nitrogen and oxygen atoms in total. The lowest BCUT2D eigenvalue weighted by atomic mass is 10.2. The highest BCUT2D eigenvalue weighted by Crippen LogP contribution is 2.22. The maximum Gasteiger partial charge on any atom is 0.319 e. The molecule has 1 aliphatic rings. The molecule has 0 radical (unpaired) electrons. The molecule has 0 bridgehead atoms. The van der Waals surface area contributed by atoms with Crippen LogP contribution in [0.25, 0.3) is 0 Å². The van der Waals surface area contributed by atoms with E-state index in [9.17, 15) is 4.79 Å². The molecule has 1 aromatic rings. The summed E-state index contributed by atoms with van der Waals surface area (Å²) in [6.45, 7) is 1.95. The number of hydrogen-bond donors (Lipinski definition) is 2. The Hall–Kier alpha value is -1.71. The van der Waals surface area contributed by atoms with Gasteiger partial charge in [-0.2, -0.15) is 0 Å². The Morgan fingerprint density at radius 2 is 2.19 bits per heavy atom. The number of carbonyl (C=O) groups excluding carboxylic acids is 1. The smallest absolute Gasteiger partial charge is 0.319 e. The molecule has 16 heavy (non-hydrogen) atoms. The van der Waals surface area contributed by atoms with Crippen molar-refractivity contribution < 1.29 is 9.53 Å². The third-order valence-corrected chi connectivity index (χ3v) is 2.57. The summed E-state index contributed by atoms with van der Waals surface area (Å²) in [7, 11) is 1.63. The summed E-state index contributed by atoms with van der Waals surface area (Å²) in [5, 5.41) is 5.67. The first-order valence-electron chi connectivity index (χ1n) is 5.41. The Kier molecular flexibility index (Phi) is 2.99. The monoisotopic (exact) mass is 220 g/mol. The molecule has 1 saturated carbocycles. The van der Waals surface area contributed by atoms with E-state index in [1.54, 1.807) is 7.11 Å². The lowest BCUT2D eigenvalue weighted by Crippen LogP contribution is -2.30. The minimum absolute atomic E-state index is 0.132. The summed E-state index contributed by atoms with van der Waals surface area (Å²) in [5.41, 5.74) is 1.79. The van der Waals surface area contributed by atoms with Crippen molar-refractivity contribution in [3.05, 3.63) is 23.8 Å².